The Morgan fingerprint density at radius 3 is 2.37 bits per heavy atom. The summed E-state index contributed by atoms with van der Waals surface area (Å²) in [5.41, 5.74) is 1.71. The van der Waals surface area contributed by atoms with Crippen molar-refractivity contribution in [1.82, 2.24) is 15.2 Å². The van der Waals surface area contributed by atoms with E-state index >= 15 is 0 Å². The van der Waals surface area contributed by atoms with Gasteiger partial charge in [-0.25, -0.2) is 4.79 Å². The molecule has 1 atom stereocenters. The van der Waals surface area contributed by atoms with Crippen LogP contribution in [-0.4, -0.2) is 53.9 Å². The van der Waals surface area contributed by atoms with E-state index < -0.39 is 12.0 Å². The highest BCUT2D eigenvalue weighted by molar-refractivity contribution is 5.96. The molecular formula is C23H31N3O4. The highest BCUT2D eigenvalue weighted by atomic mass is 16.5. The maximum absolute atomic E-state index is 12.1. The van der Waals surface area contributed by atoms with Crippen molar-refractivity contribution >= 4 is 17.8 Å². The van der Waals surface area contributed by atoms with E-state index in [4.69, 9.17) is 0 Å². The van der Waals surface area contributed by atoms with Gasteiger partial charge in [-0.1, -0.05) is 38.1 Å². The van der Waals surface area contributed by atoms with Crippen LogP contribution in [0, 0.1) is 6.92 Å². The summed E-state index contributed by atoms with van der Waals surface area (Å²) in [6.45, 7) is 6.41. The third-order valence-corrected chi connectivity index (χ3v) is 4.29. The molecule has 162 valence electrons. The molecule has 0 radical (unpaired) electrons. The largest absolute Gasteiger partial charge is 0.467 e. The summed E-state index contributed by atoms with van der Waals surface area (Å²) < 4.78 is 4.69. The molecule has 30 heavy (non-hydrogen) atoms. The lowest BCUT2D eigenvalue weighted by atomic mass is 10.2. The summed E-state index contributed by atoms with van der Waals surface area (Å²) in [7, 11) is 1.31. The lowest BCUT2D eigenvalue weighted by Crippen LogP contribution is -2.45. The fourth-order valence-electron chi connectivity index (χ4n) is 2.84. The number of methoxy groups -OCH3 is 1. The van der Waals surface area contributed by atoms with Gasteiger partial charge in [-0.15, -0.1) is 0 Å². The van der Waals surface area contributed by atoms with Crippen molar-refractivity contribution in [2.45, 2.75) is 39.7 Å². The highest BCUT2D eigenvalue weighted by Gasteiger charge is 2.34. The van der Waals surface area contributed by atoms with E-state index in [-0.39, 0.29) is 18.4 Å². The predicted octanol–water partition coefficient (Wildman–Crippen LogP) is 3.00. The van der Waals surface area contributed by atoms with Crippen LogP contribution in [0.25, 0.3) is 0 Å². The van der Waals surface area contributed by atoms with Crippen molar-refractivity contribution in [3.05, 3.63) is 66.0 Å². The Morgan fingerprint density at radius 2 is 1.83 bits per heavy atom. The standard InChI is InChI=1S/C15H18N2O4.C6H7N.C2H6/c1-21-15(20)12-8-5-9-17(12)13(18)10-16-14(19)11-6-3-2-4-7-11;1-6-3-2-4-7-5-6;1-2/h2-4,6-7,12H,5,8-10H2,1H3,(H,16,19);2-5H,1H3;1-2H3. The van der Waals surface area contributed by atoms with E-state index in [1.54, 1.807) is 30.5 Å². The van der Waals surface area contributed by atoms with E-state index in [1.165, 1.54) is 17.6 Å². The van der Waals surface area contributed by atoms with Crippen LogP contribution in [0.15, 0.2) is 54.9 Å². The number of carbonyl (C=O) groups excluding carboxylic acids is 3. The molecule has 0 saturated carbocycles. The first kappa shape index (κ1) is 24.8. The molecule has 1 fully saturated rings. The molecule has 7 nitrogen and oxygen atoms in total. The van der Waals surface area contributed by atoms with Gasteiger partial charge >= 0.3 is 5.97 Å². The molecule has 1 N–H and O–H groups in total. The average Bonchev–Trinajstić information content (AvgIpc) is 3.30. The number of likely N-dealkylation sites (tertiary alicyclic amines) is 1. The number of rotatable bonds is 4. The van der Waals surface area contributed by atoms with Crippen LogP contribution in [0.5, 0.6) is 0 Å². The molecule has 1 aromatic heterocycles. The number of aromatic nitrogens is 1. The topological polar surface area (TPSA) is 88.6 Å². The zero-order chi connectivity index (χ0) is 22.4. The van der Waals surface area contributed by atoms with Crippen LogP contribution >= 0.6 is 0 Å². The van der Waals surface area contributed by atoms with Gasteiger partial charge in [0.15, 0.2) is 0 Å². The molecule has 0 spiro atoms. The first-order valence-electron chi connectivity index (χ1n) is 10.1. The predicted molar refractivity (Wildman–Crippen MR) is 116 cm³/mol. The number of nitrogens with zero attached hydrogens (tertiary/aromatic N) is 2. The van der Waals surface area contributed by atoms with E-state index in [0.29, 0.717) is 18.5 Å². The number of benzene rings is 1. The Bertz CT molecular complexity index is 782. The zero-order valence-corrected chi connectivity index (χ0v) is 18.1. The van der Waals surface area contributed by atoms with Gasteiger partial charge in [-0.05, 0) is 43.5 Å². The minimum absolute atomic E-state index is 0.124. The van der Waals surface area contributed by atoms with Crippen LogP contribution < -0.4 is 5.32 Å². The van der Waals surface area contributed by atoms with Gasteiger partial charge in [0.05, 0.1) is 13.7 Å². The fraction of sp³-hybridized carbons (Fsp3) is 0.391. The number of nitrogens with one attached hydrogen (secondary N) is 1. The molecule has 0 bridgehead atoms. The molecule has 1 saturated heterocycles. The number of carbonyl (C=O) groups is 3. The van der Waals surface area contributed by atoms with E-state index in [0.717, 1.165) is 6.42 Å². The molecule has 1 aliphatic rings. The number of esters is 1. The summed E-state index contributed by atoms with van der Waals surface area (Å²) in [4.78, 5) is 40.9. The van der Waals surface area contributed by atoms with Crippen molar-refractivity contribution in [1.29, 1.82) is 0 Å². The molecule has 2 aromatic rings. The third kappa shape index (κ3) is 8.03. The van der Waals surface area contributed by atoms with Crippen molar-refractivity contribution in [2.75, 3.05) is 20.2 Å². The number of aryl methyl sites for hydroxylation is 1. The number of pyridine rings is 1. The first-order valence-corrected chi connectivity index (χ1v) is 10.1. The van der Waals surface area contributed by atoms with Crippen molar-refractivity contribution in [2.24, 2.45) is 0 Å². The van der Waals surface area contributed by atoms with Gasteiger partial charge in [0, 0.05) is 24.5 Å². The molecule has 2 heterocycles. The van der Waals surface area contributed by atoms with Gasteiger partial charge in [0.2, 0.25) is 5.91 Å². The van der Waals surface area contributed by atoms with Crippen molar-refractivity contribution < 1.29 is 19.1 Å². The molecular weight excluding hydrogens is 382 g/mol. The molecule has 1 aromatic carbocycles. The minimum atomic E-state index is -0.531. The van der Waals surface area contributed by atoms with Gasteiger partial charge in [-0.2, -0.15) is 0 Å². The smallest absolute Gasteiger partial charge is 0.328 e. The quantitative estimate of drug-likeness (QED) is 0.779. The average molecular weight is 414 g/mol. The second-order valence-electron chi connectivity index (χ2n) is 6.35. The molecule has 1 aliphatic heterocycles. The van der Waals surface area contributed by atoms with Crippen molar-refractivity contribution in [3.63, 3.8) is 0 Å². The molecule has 0 aliphatic carbocycles. The van der Waals surface area contributed by atoms with Crippen LogP contribution in [0.2, 0.25) is 0 Å². The van der Waals surface area contributed by atoms with Crippen LogP contribution in [0.1, 0.15) is 42.6 Å². The maximum atomic E-state index is 12.1. The summed E-state index contributed by atoms with van der Waals surface area (Å²) in [6, 6.07) is 12.1. The second kappa shape index (κ2) is 13.9. The minimum Gasteiger partial charge on any atom is -0.467 e. The molecule has 2 amide bonds. The SMILES string of the molecule is CC.COC(=O)C1CCCN1C(=O)CNC(=O)c1ccccc1.Cc1cccnc1. The molecule has 1 unspecified atom stereocenters. The number of hydrogen-bond donors (Lipinski definition) is 1. The van der Waals surface area contributed by atoms with E-state index in [9.17, 15) is 14.4 Å². The number of hydrogen-bond acceptors (Lipinski definition) is 5. The highest BCUT2D eigenvalue weighted by Crippen LogP contribution is 2.18. The summed E-state index contributed by atoms with van der Waals surface area (Å²) in [5, 5.41) is 2.57. The Morgan fingerprint density at radius 1 is 1.13 bits per heavy atom. The third-order valence-electron chi connectivity index (χ3n) is 4.29. The Kier molecular flexibility index (Phi) is 11.5. The lowest BCUT2D eigenvalue weighted by Gasteiger charge is -2.22. The Balaban J connectivity index is 0.000000418. The summed E-state index contributed by atoms with van der Waals surface area (Å²) in [6.07, 6.45) is 4.97. The Labute approximate surface area is 178 Å². The van der Waals surface area contributed by atoms with Crippen LogP contribution in [-0.2, 0) is 14.3 Å². The van der Waals surface area contributed by atoms with Crippen molar-refractivity contribution in [3.8, 4) is 0 Å². The second-order valence-corrected chi connectivity index (χ2v) is 6.35. The van der Waals surface area contributed by atoms with E-state index in [1.807, 2.05) is 45.2 Å². The fourth-order valence-corrected chi connectivity index (χ4v) is 2.84. The monoisotopic (exact) mass is 413 g/mol. The number of amides is 2. The van der Waals surface area contributed by atoms with Gasteiger partial charge in [-0.3, -0.25) is 14.6 Å². The number of ether oxygens (including phenoxy) is 1. The summed E-state index contributed by atoms with van der Waals surface area (Å²) >= 11 is 0. The van der Waals surface area contributed by atoms with Gasteiger partial charge in [0.25, 0.3) is 5.91 Å². The molecule has 7 heteroatoms. The Hall–Kier alpha value is -3.22. The van der Waals surface area contributed by atoms with Crippen LogP contribution in [0.3, 0.4) is 0 Å². The molecule has 3 rings (SSSR count). The lowest BCUT2D eigenvalue weighted by molar-refractivity contribution is -0.150. The van der Waals surface area contributed by atoms with Crippen LogP contribution in [0.4, 0.5) is 0 Å². The van der Waals surface area contributed by atoms with E-state index in [2.05, 4.69) is 15.0 Å². The summed E-state index contributed by atoms with van der Waals surface area (Å²) in [5.74, 6) is -0.986. The zero-order valence-electron chi connectivity index (χ0n) is 18.1. The van der Waals surface area contributed by atoms with Gasteiger partial charge < -0.3 is 15.0 Å². The van der Waals surface area contributed by atoms with Gasteiger partial charge in [0.1, 0.15) is 6.04 Å². The normalized spacial score (nSPS) is 14.4. The maximum Gasteiger partial charge on any atom is 0.328 e. The first-order chi connectivity index (χ1) is 14.5.